The molecule has 2 aromatic carbocycles. The summed E-state index contributed by atoms with van der Waals surface area (Å²) in [7, 11) is 2.22. The summed E-state index contributed by atoms with van der Waals surface area (Å²) < 4.78 is 2.35. The Labute approximate surface area is 250 Å². The van der Waals surface area contributed by atoms with Gasteiger partial charge in [0.25, 0.3) is 0 Å². The topological polar surface area (TPSA) is 101 Å². The van der Waals surface area contributed by atoms with E-state index in [2.05, 4.69) is 60.0 Å². The van der Waals surface area contributed by atoms with E-state index >= 15 is 0 Å². The first-order chi connectivity index (χ1) is 20.4. The second kappa shape index (κ2) is 11.1. The minimum atomic E-state index is 0.406. The van der Waals surface area contributed by atoms with Gasteiger partial charge in [0.2, 0.25) is 5.95 Å². The van der Waals surface area contributed by atoms with Crippen molar-refractivity contribution < 1.29 is 0 Å². The quantitative estimate of drug-likeness (QED) is 0.258. The number of piperazine rings is 1. The van der Waals surface area contributed by atoms with Crippen LogP contribution in [0.2, 0.25) is 5.02 Å². The van der Waals surface area contributed by atoms with Crippen molar-refractivity contribution in [2.45, 2.75) is 44.7 Å². The minimum absolute atomic E-state index is 0.406. The van der Waals surface area contributed by atoms with Crippen molar-refractivity contribution in [1.82, 2.24) is 34.3 Å². The number of fused-ring (bicyclic) bond motifs is 2. The zero-order valence-electron chi connectivity index (χ0n) is 24.1. The summed E-state index contributed by atoms with van der Waals surface area (Å²) in [5.41, 5.74) is 12.2. The van der Waals surface area contributed by atoms with Crippen molar-refractivity contribution >= 4 is 51.0 Å². The maximum absolute atomic E-state index is 6.45. The molecule has 7 rings (SSSR count). The van der Waals surface area contributed by atoms with E-state index in [1.807, 2.05) is 37.4 Å². The smallest absolute Gasteiger partial charge is 0.227 e. The van der Waals surface area contributed by atoms with Gasteiger partial charge in [-0.3, -0.25) is 4.90 Å². The number of hydrogen-bond donors (Lipinski definition) is 2. The summed E-state index contributed by atoms with van der Waals surface area (Å²) in [5, 5.41) is 5.92. The van der Waals surface area contributed by atoms with Crippen LogP contribution >= 0.6 is 11.6 Å². The normalized spacial score (nSPS) is 20.4. The van der Waals surface area contributed by atoms with Crippen LogP contribution in [0.15, 0.2) is 55.1 Å². The highest BCUT2D eigenvalue weighted by molar-refractivity contribution is 6.32. The number of nitrogens with one attached hydrogen (secondary N) is 1. The van der Waals surface area contributed by atoms with Crippen LogP contribution in [0.1, 0.15) is 37.3 Å². The minimum Gasteiger partial charge on any atom is -0.383 e. The SMILES string of the molecule is Cc1c(Cl)ccc2nc(Nc3ccc(-c4cn([C@H]5CC[C@@H](N6CCN(C)CC6)CC5)c5ncnc(N)c45)cc3)ncc12. The molecule has 2 aliphatic rings. The molecule has 4 heterocycles. The van der Waals surface area contributed by atoms with Gasteiger partial charge in [0.15, 0.2) is 0 Å². The van der Waals surface area contributed by atoms with Crippen LogP contribution in [0.25, 0.3) is 33.1 Å². The maximum atomic E-state index is 6.45. The van der Waals surface area contributed by atoms with Crippen molar-refractivity contribution in [2.75, 3.05) is 44.3 Å². The number of nitrogens with zero attached hydrogens (tertiary/aromatic N) is 7. The molecule has 9 nitrogen and oxygen atoms in total. The molecule has 0 spiro atoms. The summed E-state index contributed by atoms with van der Waals surface area (Å²) in [5.74, 6) is 1.06. The molecular formula is C32H36ClN9. The lowest BCUT2D eigenvalue weighted by Gasteiger charge is -2.41. The number of aryl methyl sites for hydroxylation is 1. The van der Waals surface area contributed by atoms with Gasteiger partial charge in [0, 0.05) is 72.3 Å². The Hall–Kier alpha value is -3.79. The fourth-order valence-corrected chi connectivity index (χ4v) is 6.80. The highest BCUT2D eigenvalue weighted by Gasteiger charge is 2.30. The molecule has 2 fully saturated rings. The number of halogens is 1. The maximum Gasteiger partial charge on any atom is 0.227 e. The lowest BCUT2D eigenvalue weighted by atomic mass is 9.89. The molecule has 1 saturated heterocycles. The summed E-state index contributed by atoms with van der Waals surface area (Å²) in [6.45, 7) is 6.67. The van der Waals surface area contributed by atoms with Crippen molar-refractivity contribution in [2.24, 2.45) is 0 Å². The van der Waals surface area contributed by atoms with E-state index < -0.39 is 0 Å². The monoisotopic (exact) mass is 581 g/mol. The summed E-state index contributed by atoms with van der Waals surface area (Å²) >= 11 is 6.26. The predicted molar refractivity (Wildman–Crippen MR) is 170 cm³/mol. The Morgan fingerprint density at radius 3 is 2.40 bits per heavy atom. The molecule has 3 aromatic heterocycles. The number of benzene rings is 2. The van der Waals surface area contributed by atoms with Crippen molar-refractivity contribution in [3.05, 3.63) is 65.7 Å². The van der Waals surface area contributed by atoms with Crippen molar-refractivity contribution in [3.63, 3.8) is 0 Å². The van der Waals surface area contributed by atoms with Crippen LogP contribution in [-0.2, 0) is 0 Å². The third-order valence-electron chi connectivity index (χ3n) is 9.17. The molecule has 216 valence electrons. The standard InChI is InChI=1S/C32H36ClN9/c1-20-25-17-35-32(39-28(25)12-11-27(20)33)38-22-5-3-21(4-6-22)26-18-42(31-29(26)30(34)36-19-37-31)24-9-7-23(8-10-24)41-15-13-40(2)14-16-41/h3-6,11-12,17-19,23-24H,7-10,13-16H2,1-2H3,(H2,34,36,37)(H,35,38,39)/t23-,24+. The Morgan fingerprint density at radius 1 is 0.905 bits per heavy atom. The van der Waals surface area contributed by atoms with Crippen molar-refractivity contribution in [3.8, 4) is 11.1 Å². The van der Waals surface area contributed by atoms with E-state index in [4.69, 9.17) is 22.3 Å². The van der Waals surface area contributed by atoms with E-state index in [0.717, 1.165) is 57.2 Å². The molecule has 0 radical (unpaired) electrons. The molecule has 0 unspecified atom stereocenters. The molecule has 1 aliphatic carbocycles. The van der Waals surface area contributed by atoms with Gasteiger partial charge in [-0.2, -0.15) is 0 Å². The lowest BCUT2D eigenvalue weighted by Crippen LogP contribution is -2.49. The predicted octanol–water partition coefficient (Wildman–Crippen LogP) is 6.06. The van der Waals surface area contributed by atoms with Gasteiger partial charge in [-0.1, -0.05) is 23.7 Å². The first kappa shape index (κ1) is 27.1. The van der Waals surface area contributed by atoms with Crippen LogP contribution in [0.4, 0.5) is 17.5 Å². The second-order valence-corrected chi connectivity index (χ2v) is 12.1. The average Bonchev–Trinajstić information content (AvgIpc) is 3.41. The largest absolute Gasteiger partial charge is 0.383 e. The Morgan fingerprint density at radius 2 is 1.64 bits per heavy atom. The van der Waals surface area contributed by atoms with Crippen LogP contribution in [-0.4, -0.2) is 73.6 Å². The fourth-order valence-electron chi connectivity index (χ4n) is 6.63. The third-order valence-corrected chi connectivity index (χ3v) is 9.58. The number of anilines is 3. The Balaban J connectivity index is 1.12. The summed E-state index contributed by atoms with van der Waals surface area (Å²) in [4.78, 5) is 23.4. The molecule has 0 amide bonds. The number of likely N-dealkylation sites (N-methyl/N-ethyl adjacent to an activating group) is 1. The van der Waals surface area contributed by atoms with Gasteiger partial charge in [-0.15, -0.1) is 0 Å². The highest BCUT2D eigenvalue weighted by atomic mass is 35.5. The molecule has 1 saturated carbocycles. The molecule has 0 atom stereocenters. The van der Waals surface area contributed by atoms with Gasteiger partial charge in [0.1, 0.15) is 17.8 Å². The zero-order valence-corrected chi connectivity index (χ0v) is 24.8. The molecule has 1 aliphatic heterocycles. The van der Waals surface area contributed by atoms with E-state index in [1.54, 1.807) is 6.33 Å². The molecule has 10 heteroatoms. The van der Waals surface area contributed by atoms with Crippen molar-refractivity contribution in [1.29, 1.82) is 0 Å². The number of nitrogen functional groups attached to an aromatic ring is 1. The highest BCUT2D eigenvalue weighted by Crippen LogP contribution is 2.39. The first-order valence-electron chi connectivity index (χ1n) is 14.8. The van der Waals surface area contributed by atoms with Gasteiger partial charge >= 0.3 is 0 Å². The molecular weight excluding hydrogens is 546 g/mol. The van der Waals surface area contributed by atoms with Crippen LogP contribution in [0.5, 0.6) is 0 Å². The van der Waals surface area contributed by atoms with Crippen LogP contribution in [0.3, 0.4) is 0 Å². The number of hydrogen-bond acceptors (Lipinski definition) is 8. The average molecular weight is 582 g/mol. The van der Waals surface area contributed by atoms with Gasteiger partial charge in [0.05, 0.1) is 10.9 Å². The van der Waals surface area contributed by atoms with E-state index in [0.29, 0.717) is 28.9 Å². The van der Waals surface area contributed by atoms with E-state index in [-0.39, 0.29) is 0 Å². The van der Waals surface area contributed by atoms with E-state index in [9.17, 15) is 0 Å². The Kier molecular flexibility index (Phi) is 7.17. The lowest BCUT2D eigenvalue weighted by molar-refractivity contribution is 0.0828. The number of rotatable bonds is 5. The van der Waals surface area contributed by atoms with E-state index in [1.165, 1.54) is 39.0 Å². The number of aromatic nitrogens is 5. The third kappa shape index (κ3) is 5.06. The van der Waals surface area contributed by atoms with Gasteiger partial charge in [-0.05, 0) is 75.0 Å². The molecule has 3 N–H and O–H groups in total. The summed E-state index contributed by atoms with van der Waals surface area (Å²) in [6, 6.07) is 13.2. The number of nitrogens with two attached hydrogens (primary N) is 1. The van der Waals surface area contributed by atoms with Crippen LogP contribution < -0.4 is 11.1 Å². The zero-order chi connectivity index (χ0) is 28.8. The summed E-state index contributed by atoms with van der Waals surface area (Å²) in [6.07, 6.45) is 10.4. The second-order valence-electron chi connectivity index (χ2n) is 11.7. The van der Waals surface area contributed by atoms with Gasteiger partial charge < -0.3 is 20.5 Å². The molecule has 0 bridgehead atoms. The van der Waals surface area contributed by atoms with Crippen LogP contribution in [0, 0.1) is 6.92 Å². The Bertz CT molecular complexity index is 1730. The first-order valence-corrected chi connectivity index (χ1v) is 15.2. The fraction of sp³-hybridized carbons (Fsp3) is 0.375. The molecule has 5 aromatic rings. The van der Waals surface area contributed by atoms with Gasteiger partial charge in [-0.25, -0.2) is 19.9 Å². The molecule has 42 heavy (non-hydrogen) atoms.